The molecular weight excluding hydrogens is 281 g/mol. The Kier molecular flexibility index (Phi) is 6.24. The van der Waals surface area contributed by atoms with Gasteiger partial charge in [-0.2, -0.15) is 11.8 Å². The van der Waals surface area contributed by atoms with Crippen LogP contribution in [0.5, 0.6) is 0 Å². The first-order valence-corrected chi connectivity index (χ1v) is 7.33. The Morgan fingerprint density at radius 2 is 2.20 bits per heavy atom. The number of carboxylic acid groups (broad SMARTS) is 1. The van der Waals surface area contributed by atoms with Crippen LogP contribution >= 0.6 is 11.8 Å². The summed E-state index contributed by atoms with van der Waals surface area (Å²) in [5, 5.41) is 11.2. The second kappa shape index (κ2) is 7.69. The number of carbonyl (C=O) groups is 2. The maximum atomic E-state index is 13.8. The van der Waals surface area contributed by atoms with Crippen LogP contribution in [0.2, 0.25) is 0 Å². The quantitative estimate of drug-likeness (QED) is 0.791. The molecule has 0 fully saturated rings. The molecule has 0 heterocycles. The molecule has 0 saturated carbocycles. The molecule has 1 amide bonds. The number of hydrogen-bond donors (Lipinski definition) is 2. The number of aliphatic carboxylic acids is 1. The highest BCUT2D eigenvalue weighted by atomic mass is 32.2. The minimum Gasteiger partial charge on any atom is -0.478 e. The molecule has 1 aromatic rings. The molecule has 0 saturated heterocycles. The summed E-state index contributed by atoms with van der Waals surface area (Å²) in [7, 11) is 0. The van der Waals surface area contributed by atoms with Crippen LogP contribution in [0.3, 0.4) is 0 Å². The Hall–Kier alpha value is -1.82. The average Bonchev–Trinajstić information content (AvgIpc) is 2.36. The summed E-state index contributed by atoms with van der Waals surface area (Å²) in [4.78, 5) is 22.2. The average molecular weight is 297 g/mol. The Morgan fingerprint density at radius 3 is 2.75 bits per heavy atom. The van der Waals surface area contributed by atoms with E-state index in [-0.39, 0.29) is 11.6 Å². The summed E-state index contributed by atoms with van der Waals surface area (Å²) in [6.45, 7) is 1.84. The van der Waals surface area contributed by atoms with E-state index < -0.39 is 17.7 Å². The molecule has 20 heavy (non-hydrogen) atoms. The number of rotatable bonds is 6. The van der Waals surface area contributed by atoms with Gasteiger partial charge in [-0.15, -0.1) is 0 Å². The maximum absolute atomic E-state index is 13.8. The molecule has 0 radical (unpaired) electrons. The Morgan fingerprint density at radius 1 is 1.50 bits per heavy atom. The smallest absolute Gasteiger partial charge is 0.328 e. The zero-order valence-corrected chi connectivity index (χ0v) is 12.0. The van der Waals surface area contributed by atoms with Crippen molar-refractivity contribution in [3.8, 4) is 0 Å². The molecule has 1 atom stereocenters. The van der Waals surface area contributed by atoms with E-state index in [2.05, 4.69) is 5.32 Å². The van der Waals surface area contributed by atoms with Crippen LogP contribution in [0, 0.1) is 5.82 Å². The van der Waals surface area contributed by atoms with Crippen molar-refractivity contribution in [3.63, 3.8) is 0 Å². The largest absolute Gasteiger partial charge is 0.478 e. The molecule has 0 aromatic heterocycles. The van der Waals surface area contributed by atoms with Gasteiger partial charge < -0.3 is 10.4 Å². The monoisotopic (exact) mass is 297 g/mol. The Bertz CT molecular complexity index is 531. The van der Waals surface area contributed by atoms with E-state index >= 15 is 0 Å². The van der Waals surface area contributed by atoms with E-state index in [0.717, 1.165) is 17.9 Å². The first kappa shape index (κ1) is 16.2. The van der Waals surface area contributed by atoms with Crippen LogP contribution in [0.1, 0.15) is 22.8 Å². The molecule has 4 nitrogen and oxygen atoms in total. The SMILES string of the molecule is CSCC(C)NC(=O)c1ccc(/C=C/C(=O)O)cc1F. The first-order chi connectivity index (χ1) is 9.43. The van der Waals surface area contributed by atoms with Gasteiger partial charge in [-0.3, -0.25) is 4.79 Å². The number of carbonyl (C=O) groups excluding carboxylic acids is 1. The number of thioether (sulfide) groups is 1. The lowest BCUT2D eigenvalue weighted by Gasteiger charge is -2.12. The second-order valence-corrected chi connectivity index (χ2v) is 5.15. The summed E-state index contributed by atoms with van der Waals surface area (Å²) in [5.41, 5.74) is 0.337. The number of carboxylic acids is 1. The van der Waals surface area contributed by atoms with Crippen molar-refractivity contribution < 1.29 is 19.1 Å². The number of amides is 1. The van der Waals surface area contributed by atoms with E-state index in [4.69, 9.17) is 5.11 Å². The molecular formula is C14H16FNO3S. The lowest BCUT2D eigenvalue weighted by Crippen LogP contribution is -2.34. The van der Waals surface area contributed by atoms with Crippen LogP contribution in [0.15, 0.2) is 24.3 Å². The van der Waals surface area contributed by atoms with Gasteiger partial charge in [-0.25, -0.2) is 9.18 Å². The van der Waals surface area contributed by atoms with Crippen LogP contribution in [0.4, 0.5) is 4.39 Å². The van der Waals surface area contributed by atoms with E-state index in [1.807, 2.05) is 13.2 Å². The Labute approximate surface area is 121 Å². The van der Waals surface area contributed by atoms with Crippen LogP contribution in [-0.4, -0.2) is 35.0 Å². The first-order valence-electron chi connectivity index (χ1n) is 5.94. The summed E-state index contributed by atoms with van der Waals surface area (Å²) >= 11 is 1.59. The summed E-state index contributed by atoms with van der Waals surface area (Å²) in [5.74, 6) is -1.52. The van der Waals surface area contributed by atoms with Gasteiger partial charge in [-0.1, -0.05) is 6.07 Å². The molecule has 1 unspecified atom stereocenters. The fraction of sp³-hybridized carbons (Fsp3) is 0.286. The summed E-state index contributed by atoms with van der Waals surface area (Å²) in [6, 6.07) is 3.92. The van der Waals surface area contributed by atoms with E-state index in [1.54, 1.807) is 11.8 Å². The minimum absolute atomic E-state index is 0.0505. The van der Waals surface area contributed by atoms with Crippen molar-refractivity contribution in [1.82, 2.24) is 5.32 Å². The topological polar surface area (TPSA) is 66.4 Å². The number of halogens is 1. The van der Waals surface area contributed by atoms with E-state index in [1.165, 1.54) is 18.2 Å². The normalized spacial score (nSPS) is 12.3. The van der Waals surface area contributed by atoms with Gasteiger partial charge in [-0.05, 0) is 37.0 Å². The van der Waals surface area contributed by atoms with Gasteiger partial charge in [0.15, 0.2) is 0 Å². The third kappa shape index (κ3) is 5.05. The summed E-state index contributed by atoms with van der Waals surface area (Å²) < 4.78 is 13.8. The number of nitrogens with one attached hydrogen (secondary N) is 1. The van der Waals surface area contributed by atoms with E-state index in [9.17, 15) is 14.0 Å². The van der Waals surface area contributed by atoms with Crippen molar-refractivity contribution in [2.45, 2.75) is 13.0 Å². The van der Waals surface area contributed by atoms with Gasteiger partial charge in [0.1, 0.15) is 5.82 Å². The third-order valence-electron chi connectivity index (χ3n) is 2.45. The molecule has 0 bridgehead atoms. The Balaban J connectivity index is 2.82. The highest BCUT2D eigenvalue weighted by molar-refractivity contribution is 7.98. The second-order valence-electron chi connectivity index (χ2n) is 4.24. The van der Waals surface area contributed by atoms with Gasteiger partial charge >= 0.3 is 5.97 Å². The van der Waals surface area contributed by atoms with Crippen LogP contribution in [0.25, 0.3) is 6.08 Å². The van der Waals surface area contributed by atoms with Crippen molar-refractivity contribution in [2.75, 3.05) is 12.0 Å². The lowest BCUT2D eigenvalue weighted by molar-refractivity contribution is -0.131. The highest BCUT2D eigenvalue weighted by Crippen LogP contribution is 2.12. The predicted molar refractivity (Wildman–Crippen MR) is 78.4 cm³/mol. The molecule has 6 heteroatoms. The molecule has 0 aliphatic carbocycles. The predicted octanol–water partition coefficient (Wildman–Crippen LogP) is 2.40. The zero-order chi connectivity index (χ0) is 15.1. The summed E-state index contributed by atoms with van der Waals surface area (Å²) in [6.07, 6.45) is 4.10. The number of hydrogen-bond acceptors (Lipinski definition) is 3. The lowest BCUT2D eigenvalue weighted by atomic mass is 10.1. The van der Waals surface area contributed by atoms with Crippen molar-refractivity contribution in [1.29, 1.82) is 0 Å². The third-order valence-corrected chi connectivity index (χ3v) is 3.28. The van der Waals surface area contributed by atoms with Crippen molar-refractivity contribution >= 4 is 29.7 Å². The molecule has 0 aliphatic rings. The van der Waals surface area contributed by atoms with Gasteiger partial charge in [0.25, 0.3) is 5.91 Å². The van der Waals surface area contributed by atoms with E-state index in [0.29, 0.717) is 5.56 Å². The van der Waals surface area contributed by atoms with Gasteiger partial charge in [0.05, 0.1) is 5.56 Å². The molecule has 2 N–H and O–H groups in total. The molecule has 0 spiro atoms. The molecule has 1 rings (SSSR count). The molecule has 1 aromatic carbocycles. The maximum Gasteiger partial charge on any atom is 0.328 e. The fourth-order valence-corrected chi connectivity index (χ4v) is 2.16. The zero-order valence-electron chi connectivity index (χ0n) is 11.2. The molecule has 108 valence electrons. The highest BCUT2D eigenvalue weighted by Gasteiger charge is 2.14. The van der Waals surface area contributed by atoms with Gasteiger partial charge in [0, 0.05) is 17.9 Å². The van der Waals surface area contributed by atoms with Crippen molar-refractivity contribution in [3.05, 3.63) is 41.2 Å². The number of benzene rings is 1. The fourth-order valence-electron chi connectivity index (χ4n) is 1.58. The van der Waals surface area contributed by atoms with Gasteiger partial charge in [0.2, 0.25) is 0 Å². The molecule has 0 aliphatic heterocycles. The van der Waals surface area contributed by atoms with Crippen molar-refractivity contribution in [2.24, 2.45) is 0 Å². The standard InChI is InChI=1S/C14H16FNO3S/c1-9(8-20-2)16-14(19)11-5-3-10(7-12(11)15)4-6-13(17)18/h3-7,9H,8H2,1-2H3,(H,16,19)(H,17,18)/b6-4+. The van der Waals surface area contributed by atoms with Crippen LogP contribution in [-0.2, 0) is 4.79 Å². The van der Waals surface area contributed by atoms with Crippen LogP contribution < -0.4 is 5.32 Å². The minimum atomic E-state index is -1.11.